The van der Waals surface area contributed by atoms with Crippen molar-refractivity contribution in [1.29, 1.82) is 0 Å². The summed E-state index contributed by atoms with van der Waals surface area (Å²) in [6.45, 7) is 0. The van der Waals surface area contributed by atoms with Gasteiger partial charge in [0, 0.05) is 0 Å². The molecule has 0 spiro atoms. The highest BCUT2D eigenvalue weighted by molar-refractivity contribution is 6.23. The zero-order valence-corrected chi connectivity index (χ0v) is 25.3. The summed E-state index contributed by atoms with van der Waals surface area (Å²) in [6.07, 6.45) is 0. The third-order valence-corrected chi connectivity index (χ3v) is 9.44. The molecule has 0 aliphatic heterocycles. The lowest BCUT2D eigenvalue weighted by Gasteiger charge is -2.20. The molecule has 0 unspecified atom stereocenters. The quantitative estimate of drug-likeness (QED) is 0.181. The zero-order chi connectivity index (χ0) is 30.5. The minimum atomic E-state index is 1.23. The maximum absolute atomic E-state index is 2.42. The molecule has 0 aliphatic carbocycles. The summed E-state index contributed by atoms with van der Waals surface area (Å²) in [5, 5.41) is 10.1. The van der Waals surface area contributed by atoms with Crippen molar-refractivity contribution in [2.45, 2.75) is 0 Å². The van der Waals surface area contributed by atoms with E-state index in [1.807, 2.05) is 0 Å². The van der Waals surface area contributed by atoms with E-state index in [0.29, 0.717) is 0 Å². The Morgan fingerprint density at radius 3 is 1.07 bits per heavy atom. The van der Waals surface area contributed by atoms with Crippen LogP contribution in [0.3, 0.4) is 0 Å². The van der Waals surface area contributed by atoms with E-state index in [2.05, 4.69) is 182 Å². The second-order valence-corrected chi connectivity index (χ2v) is 12.1. The fraction of sp³-hybridized carbons (Fsp3) is 0. The molecule has 0 atom stereocenters. The Morgan fingerprint density at radius 2 is 0.609 bits per heavy atom. The lowest BCUT2D eigenvalue weighted by molar-refractivity contribution is 1.63. The van der Waals surface area contributed by atoms with Crippen molar-refractivity contribution in [2.24, 2.45) is 0 Å². The average Bonchev–Trinajstić information content (AvgIpc) is 3.13. The van der Waals surface area contributed by atoms with Gasteiger partial charge < -0.3 is 0 Å². The first-order chi connectivity index (χ1) is 22.8. The molecule has 0 bridgehead atoms. The van der Waals surface area contributed by atoms with E-state index in [0.717, 1.165) is 0 Å². The molecule has 0 heterocycles. The van der Waals surface area contributed by atoms with Crippen LogP contribution in [0, 0.1) is 0 Å². The number of hydrogen-bond donors (Lipinski definition) is 0. The van der Waals surface area contributed by atoms with Gasteiger partial charge in [-0.3, -0.25) is 0 Å². The van der Waals surface area contributed by atoms with Crippen LogP contribution in [0.1, 0.15) is 0 Å². The molecule has 0 amide bonds. The molecule has 0 saturated heterocycles. The summed E-state index contributed by atoms with van der Waals surface area (Å²) in [7, 11) is 0. The van der Waals surface area contributed by atoms with Crippen LogP contribution in [0.2, 0.25) is 0 Å². The minimum absolute atomic E-state index is 1.23. The first kappa shape index (κ1) is 26.4. The van der Waals surface area contributed by atoms with Crippen molar-refractivity contribution >= 4 is 43.1 Å². The molecule has 214 valence electrons. The van der Waals surface area contributed by atoms with Gasteiger partial charge in [-0.15, -0.1) is 0 Å². The fourth-order valence-electron chi connectivity index (χ4n) is 7.35. The van der Waals surface area contributed by atoms with Crippen molar-refractivity contribution in [2.75, 3.05) is 0 Å². The van der Waals surface area contributed by atoms with Crippen molar-refractivity contribution < 1.29 is 0 Å². The van der Waals surface area contributed by atoms with Crippen LogP contribution >= 0.6 is 0 Å². The van der Waals surface area contributed by atoms with Crippen molar-refractivity contribution in [3.05, 3.63) is 182 Å². The molecule has 0 aliphatic rings. The van der Waals surface area contributed by atoms with Crippen LogP contribution in [0.4, 0.5) is 0 Å². The molecular weight excluding hydrogens is 553 g/mol. The smallest absolute Gasteiger partial charge is 0.00261 e. The SMILES string of the molecule is c1ccc(-c2c3ccc(-c4cccc5ccccc45)cc3c(-c3ccccc3)c3ccc(-c4cccc5ccccc45)cc23)cc1. The Kier molecular flexibility index (Phi) is 6.25. The minimum Gasteiger partial charge on any atom is -0.0622 e. The second-order valence-electron chi connectivity index (χ2n) is 12.1. The third kappa shape index (κ3) is 4.30. The van der Waals surface area contributed by atoms with Gasteiger partial charge in [-0.2, -0.15) is 0 Å². The van der Waals surface area contributed by atoms with Crippen molar-refractivity contribution in [3.8, 4) is 44.5 Å². The zero-order valence-electron chi connectivity index (χ0n) is 25.3. The molecule has 0 radical (unpaired) electrons. The predicted molar refractivity (Wildman–Crippen MR) is 198 cm³/mol. The van der Waals surface area contributed by atoms with Gasteiger partial charge in [0.15, 0.2) is 0 Å². The summed E-state index contributed by atoms with van der Waals surface area (Å²) >= 11 is 0. The highest BCUT2D eigenvalue weighted by Gasteiger charge is 2.19. The Morgan fingerprint density at radius 1 is 0.217 bits per heavy atom. The molecule has 9 rings (SSSR count). The number of rotatable bonds is 4. The van der Waals surface area contributed by atoms with E-state index >= 15 is 0 Å². The Bertz CT molecular complexity index is 2370. The Hall–Kier alpha value is -5.98. The van der Waals surface area contributed by atoms with Crippen LogP contribution in [0.25, 0.3) is 87.6 Å². The predicted octanol–water partition coefficient (Wildman–Crippen LogP) is 13.0. The highest BCUT2D eigenvalue weighted by atomic mass is 14.2. The maximum Gasteiger partial charge on any atom is -0.00261 e. The standard InChI is InChI=1S/C46H30/c1-3-15-33(16-4-1)45-41-27-25-36(40-24-12-20-32-14-8-10-22-38(32)40)30-44(41)46(34-17-5-2-6-18-34)42-28-26-35(29-43(42)45)39-23-11-19-31-13-7-9-21-37(31)39/h1-30H. The average molecular weight is 583 g/mol. The molecule has 0 N–H and O–H groups in total. The first-order valence-corrected chi connectivity index (χ1v) is 15.9. The van der Waals surface area contributed by atoms with Gasteiger partial charge in [0.05, 0.1) is 0 Å². The maximum atomic E-state index is 2.42. The molecule has 0 fully saturated rings. The van der Waals surface area contributed by atoms with Gasteiger partial charge in [-0.25, -0.2) is 0 Å². The first-order valence-electron chi connectivity index (χ1n) is 15.9. The lowest BCUT2D eigenvalue weighted by atomic mass is 9.83. The van der Waals surface area contributed by atoms with Gasteiger partial charge in [-0.1, -0.05) is 170 Å². The largest absolute Gasteiger partial charge is 0.0622 e. The lowest BCUT2D eigenvalue weighted by Crippen LogP contribution is -1.93. The summed E-state index contributed by atoms with van der Waals surface area (Å²) in [6, 6.07) is 66.6. The molecule has 9 aromatic rings. The Balaban J connectivity index is 1.41. The molecule has 0 saturated carbocycles. The van der Waals surface area contributed by atoms with Gasteiger partial charge in [0.1, 0.15) is 0 Å². The molecule has 0 aromatic heterocycles. The second kappa shape index (κ2) is 10.9. The van der Waals surface area contributed by atoms with Crippen LogP contribution in [0.15, 0.2) is 182 Å². The third-order valence-electron chi connectivity index (χ3n) is 9.44. The molecule has 0 nitrogen and oxygen atoms in total. The van der Waals surface area contributed by atoms with E-state index < -0.39 is 0 Å². The molecule has 46 heavy (non-hydrogen) atoms. The molecular formula is C46H30. The van der Waals surface area contributed by atoms with E-state index in [-0.39, 0.29) is 0 Å². The number of hydrogen-bond acceptors (Lipinski definition) is 0. The number of benzene rings is 9. The summed E-state index contributed by atoms with van der Waals surface area (Å²) in [5.41, 5.74) is 9.97. The normalized spacial score (nSPS) is 11.5. The molecule has 9 aromatic carbocycles. The van der Waals surface area contributed by atoms with Crippen LogP contribution < -0.4 is 0 Å². The fourth-order valence-corrected chi connectivity index (χ4v) is 7.35. The topological polar surface area (TPSA) is 0 Å². The van der Waals surface area contributed by atoms with E-state index in [9.17, 15) is 0 Å². The number of fused-ring (bicyclic) bond motifs is 4. The van der Waals surface area contributed by atoms with Crippen molar-refractivity contribution in [3.63, 3.8) is 0 Å². The van der Waals surface area contributed by atoms with Crippen LogP contribution in [0.5, 0.6) is 0 Å². The monoisotopic (exact) mass is 582 g/mol. The van der Waals surface area contributed by atoms with E-state index in [4.69, 9.17) is 0 Å². The van der Waals surface area contributed by atoms with Crippen molar-refractivity contribution in [1.82, 2.24) is 0 Å². The summed E-state index contributed by atoms with van der Waals surface area (Å²) in [5.74, 6) is 0. The molecule has 0 heteroatoms. The van der Waals surface area contributed by atoms with E-state index in [1.54, 1.807) is 0 Å². The highest BCUT2D eigenvalue weighted by Crippen LogP contribution is 2.46. The van der Waals surface area contributed by atoms with Gasteiger partial charge in [0.25, 0.3) is 0 Å². The van der Waals surface area contributed by atoms with Gasteiger partial charge in [0.2, 0.25) is 0 Å². The Labute approximate surface area is 268 Å². The van der Waals surface area contributed by atoms with Gasteiger partial charge in [-0.05, 0) is 99.7 Å². The van der Waals surface area contributed by atoms with E-state index in [1.165, 1.54) is 87.6 Å². The van der Waals surface area contributed by atoms with Crippen LogP contribution in [-0.4, -0.2) is 0 Å². The summed E-state index contributed by atoms with van der Waals surface area (Å²) in [4.78, 5) is 0. The van der Waals surface area contributed by atoms with Gasteiger partial charge >= 0.3 is 0 Å². The summed E-state index contributed by atoms with van der Waals surface area (Å²) < 4.78 is 0. The van der Waals surface area contributed by atoms with Crippen LogP contribution in [-0.2, 0) is 0 Å².